The van der Waals surface area contributed by atoms with Gasteiger partial charge in [0, 0.05) is 17.8 Å². The summed E-state index contributed by atoms with van der Waals surface area (Å²) in [6, 6.07) is 11.9. The van der Waals surface area contributed by atoms with E-state index in [0.717, 1.165) is 30.5 Å². The average molecular weight is 334 g/mol. The van der Waals surface area contributed by atoms with E-state index in [9.17, 15) is 10.1 Å². The summed E-state index contributed by atoms with van der Waals surface area (Å²) in [5.41, 5.74) is 1.78. The fraction of sp³-hybridized carbons (Fsp3) is 0.350. The second-order valence-corrected chi connectivity index (χ2v) is 6.57. The first-order chi connectivity index (χ1) is 12.2. The molecule has 0 radical (unpaired) electrons. The van der Waals surface area contributed by atoms with Gasteiger partial charge in [0.25, 0.3) is 5.91 Å². The number of nitrogens with zero attached hydrogens (tertiary/aromatic N) is 3. The van der Waals surface area contributed by atoms with E-state index in [4.69, 9.17) is 0 Å². The number of nitriles is 1. The first-order valence-corrected chi connectivity index (χ1v) is 8.70. The zero-order valence-corrected chi connectivity index (χ0v) is 14.4. The Balaban J connectivity index is 1.73. The van der Waals surface area contributed by atoms with Crippen LogP contribution in [0.2, 0.25) is 0 Å². The van der Waals surface area contributed by atoms with Crippen molar-refractivity contribution in [2.45, 2.75) is 38.6 Å². The molecule has 25 heavy (non-hydrogen) atoms. The van der Waals surface area contributed by atoms with Crippen molar-refractivity contribution in [2.24, 2.45) is 5.92 Å². The van der Waals surface area contributed by atoms with Gasteiger partial charge in [0.05, 0.1) is 11.9 Å². The Bertz CT molecular complexity index is 801. The van der Waals surface area contributed by atoms with Crippen LogP contribution in [-0.4, -0.2) is 21.7 Å². The molecular weight excluding hydrogens is 312 g/mol. The largest absolute Gasteiger partial charge is 0.348 e. The Labute approximate surface area is 148 Å². The predicted molar refractivity (Wildman–Crippen MR) is 96.7 cm³/mol. The lowest BCUT2D eigenvalue weighted by Gasteiger charge is -2.29. The number of benzene rings is 1. The third-order valence-corrected chi connectivity index (χ3v) is 4.73. The van der Waals surface area contributed by atoms with Gasteiger partial charge in [0.2, 0.25) is 0 Å². The van der Waals surface area contributed by atoms with E-state index in [-0.39, 0.29) is 17.5 Å². The quantitative estimate of drug-likeness (QED) is 0.687. The fourth-order valence-electron chi connectivity index (χ4n) is 3.23. The second-order valence-electron chi connectivity index (χ2n) is 6.57. The van der Waals surface area contributed by atoms with Crippen molar-refractivity contribution >= 4 is 12.0 Å². The van der Waals surface area contributed by atoms with Crippen LogP contribution in [0.15, 0.2) is 48.3 Å². The Kier molecular flexibility index (Phi) is 5.30. The minimum absolute atomic E-state index is 0.116. The molecule has 1 saturated carbocycles. The third-order valence-electron chi connectivity index (χ3n) is 4.73. The molecule has 3 rings (SSSR count). The van der Waals surface area contributed by atoms with Crippen molar-refractivity contribution in [3.05, 3.63) is 53.9 Å². The number of para-hydroxylation sites is 1. The number of nitrogens with one attached hydrogen (secondary N) is 1. The van der Waals surface area contributed by atoms with E-state index in [0.29, 0.717) is 5.92 Å². The maximum atomic E-state index is 12.4. The van der Waals surface area contributed by atoms with Gasteiger partial charge in [-0.2, -0.15) is 10.4 Å². The number of amides is 1. The Morgan fingerprint density at radius 2 is 2.08 bits per heavy atom. The standard InChI is InChI=1S/C20H22N4O/c1-15-7-5-6-10-19(15)23-20(25)17(12-21)11-16-13-22-24(14-16)18-8-3-2-4-9-18/h2-4,8-9,11,13-15,19H,5-7,10H2,1H3,(H,23,25)/b17-11+/t15-,19+/m1/s1. The molecule has 1 heterocycles. The Hall–Kier alpha value is -2.87. The van der Waals surface area contributed by atoms with Gasteiger partial charge in [0.1, 0.15) is 11.6 Å². The maximum absolute atomic E-state index is 12.4. The number of hydrogen-bond donors (Lipinski definition) is 1. The first kappa shape index (κ1) is 17.0. The lowest BCUT2D eigenvalue weighted by molar-refractivity contribution is -0.118. The topological polar surface area (TPSA) is 70.7 Å². The fourth-order valence-corrected chi connectivity index (χ4v) is 3.23. The maximum Gasteiger partial charge on any atom is 0.262 e. The average Bonchev–Trinajstić information content (AvgIpc) is 3.11. The smallest absolute Gasteiger partial charge is 0.262 e. The van der Waals surface area contributed by atoms with Gasteiger partial charge < -0.3 is 5.32 Å². The molecule has 1 N–H and O–H groups in total. The van der Waals surface area contributed by atoms with Crippen LogP contribution in [0, 0.1) is 17.2 Å². The van der Waals surface area contributed by atoms with E-state index in [1.165, 1.54) is 6.42 Å². The molecule has 0 aliphatic heterocycles. The van der Waals surface area contributed by atoms with Crippen LogP contribution >= 0.6 is 0 Å². The van der Waals surface area contributed by atoms with Crippen molar-refractivity contribution in [3.63, 3.8) is 0 Å². The number of rotatable bonds is 4. The molecule has 0 unspecified atom stereocenters. The summed E-state index contributed by atoms with van der Waals surface area (Å²) in [5, 5.41) is 16.7. The molecule has 1 aromatic heterocycles. The van der Waals surface area contributed by atoms with E-state index < -0.39 is 0 Å². The normalized spacial score (nSPS) is 20.7. The van der Waals surface area contributed by atoms with E-state index >= 15 is 0 Å². The van der Waals surface area contributed by atoms with Gasteiger partial charge in [-0.25, -0.2) is 4.68 Å². The third kappa shape index (κ3) is 4.16. The monoisotopic (exact) mass is 334 g/mol. The molecule has 0 bridgehead atoms. The highest BCUT2D eigenvalue weighted by atomic mass is 16.1. The van der Waals surface area contributed by atoms with Crippen molar-refractivity contribution in [1.82, 2.24) is 15.1 Å². The lowest BCUT2D eigenvalue weighted by Crippen LogP contribution is -2.41. The van der Waals surface area contributed by atoms with Gasteiger partial charge >= 0.3 is 0 Å². The number of hydrogen-bond acceptors (Lipinski definition) is 3. The van der Waals surface area contributed by atoms with Crippen LogP contribution in [0.1, 0.15) is 38.2 Å². The SMILES string of the molecule is C[C@@H]1CCCC[C@@H]1NC(=O)/C(C#N)=C/c1cnn(-c2ccccc2)c1. The van der Waals surface area contributed by atoms with Gasteiger partial charge in [-0.1, -0.05) is 38.0 Å². The molecule has 2 atom stereocenters. The Morgan fingerprint density at radius 3 is 2.80 bits per heavy atom. The highest BCUT2D eigenvalue weighted by molar-refractivity contribution is 6.01. The highest BCUT2D eigenvalue weighted by Crippen LogP contribution is 2.24. The lowest BCUT2D eigenvalue weighted by atomic mass is 9.86. The molecule has 1 fully saturated rings. The first-order valence-electron chi connectivity index (χ1n) is 8.70. The molecule has 1 aromatic carbocycles. The molecule has 1 aliphatic rings. The zero-order chi connectivity index (χ0) is 17.6. The molecule has 5 heteroatoms. The molecule has 2 aromatic rings. The van der Waals surface area contributed by atoms with Crippen LogP contribution in [-0.2, 0) is 4.79 Å². The molecule has 5 nitrogen and oxygen atoms in total. The molecule has 1 amide bonds. The van der Waals surface area contributed by atoms with Crippen molar-refractivity contribution < 1.29 is 4.79 Å². The highest BCUT2D eigenvalue weighted by Gasteiger charge is 2.24. The summed E-state index contributed by atoms with van der Waals surface area (Å²) >= 11 is 0. The number of aromatic nitrogens is 2. The second kappa shape index (κ2) is 7.80. The summed E-state index contributed by atoms with van der Waals surface area (Å²) < 4.78 is 1.72. The molecule has 0 spiro atoms. The molecule has 0 saturated heterocycles. The summed E-state index contributed by atoms with van der Waals surface area (Å²) in [7, 11) is 0. The summed E-state index contributed by atoms with van der Waals surface area (Å²) in [6.07, 6.45) is 9.51. The van der Waals surface area contributed by atoms with Crippen LogP contribution in [0.25, 0.3) is 11.8 Å². The minimum atomic E-state index is -0.297. The van der Waals surface area contributed by atoms with E-state index in [1.807, 2.05) is 42.6 Å². The minimum Gasteiger partial charge on any atom is -0.348 e. The van der Waals surface area contributed by atoms with Gasteiger partial charge in [-0.3, -0.25) is 4.79 Å². The summed E-state index contributed by atoms with van der Waals surface area (Å²) in [6.45, 7) is 2.16. The number of carbonyl (C=O) groups is 1. The summed E-state index contributed by atoms with van der Waals surface area (Å²) in [4.78, 5) is 12.4. The molecule has 1 aliphatic carbocycles. The van der Waals surface area contributed by atoms with Crippen LogP contribution in [0.5, 0.6) is 0 Å². The van der Waals surface area contributed by atoms with Gasteiger partial charge in [-0.05, 0) is 37.0 Å². The van der Waals surface area contributed by atoms with Crippen molar-refractivity contribution in [2.75, 3.05) is 0 Å². The van der Waals surface area contributed by atoms with Crippen molar-refractivity contribution in [1.29, 1.82) is 5.26 Å². The molecule has 128 valence electrons. The van der Waals surface area contributed by atoms with Gasteiger partial charge in [-0.15, -0.1) is 0 Å². The van der Waals surface area contributed by atoms with Crippen LogP contribution < -0.4 is 5.32 Å². The van der Waals surface area contributed by atoms with Gasteiger partial charge in [0.15, 0.2) is 0 Å². The summed E-state index contributed by atoms with van der Waals surface area (Å²) in [5.74, 6) is 0.159. The number of carbonyl (C=O) groups excluding carboxylic acids is 1. The zero-order valence-electron chi connectivity index (χ0n) is 14.4. The predicted octanol–water partition coefficient (Wildman–Crippen LogP) is 3.47. The van der Waals surface area contributed by atoms with E-state index in [1.54, 1.807) is 17.0 Å². The molecular formula is C20H22N4O. The van der Waals surface area contributed by atoms with Crippen molar-refractivity contribution in [3.8, 4) is 11.8 Å². The van der Waals surface area contributed by atoms with E-state index in [2.05, 4.69) is 17.3 Å². The van der Waals surface area contributed by atoms with Crippen LogP contribution in [0.3, 0.4) is 0 Å². The Morgan fingerprint density at radius 1 is 1.32 bits per heavy atom. The van der Waals surface area contributed by atoms with Crippen LogP contribution in [0.4, 0.5) is 0 Å².